The number of nitro groups is 1. The van der Waals surface area contributed by atoms with Crippen LogP contribution >= 0.6 is 28.3 Å². The molecule has 0 fully saturated rings. The van der Waals surface area contributed by atoms with Crippen LogP contribution in [0.15, 0.2) is 16.6 Å². The van der Waals surface area contributed by atoms with Crippen LogP contribution in [0.25, 0.3) is 0 Å². The summed E-state index contributed by atoms with van der Waals surface area (Å²) in [5.41, 5.74) is 5.61. The van der Waals surface area contributed by atoms with E-state index in [1.165, 1.54) is 12.1 Å². The van der Waals surface area contributed by atoms with Gasteiger partial charge in [-0.15, -0.1) is 12.4 Å². The first-order valence-electron chi connectivity index (χ1n) is 5.98. The van der Waals surface area contributed by atoms with E-state index in [-0.39, 0.29) is 18.0 Å². The molecule has 1 aromatic rings. The molecule has 1 rings (SSSR count). The number of aliphatic hydroxyl groups is 1. The largest absolute Gasteiger partial charge is 0.502 e. The predicted molar refractivity (Wildman–Crippen MR) is 82.2 cm³/mol. The third-order valence-corrected chi connectivity index (χ3v) is 3.37. The molecule has 0 aromatic heterocycles. The van der Waals surface area contributed by atoms with Gasteiger partial charge >= 0.3 is 5.69 Å². The number of phenols is 1. The molecule has 0 aliphatic rings. The summed E-state index contributed by atoms with van der Waals surface area (Å²) < 4.78 is 0.435. The topological polar surface area (TPSA) is 110 Å². The van der Waals surface area contributed by atoms with E-state index in [1.807, 2.05) is 6.92 Å². The standard InChI is InChI=1S/C12H17BrN2O4.ClH/c1-2-3-4-10(16)11(14)8-5-7(13)6-9(12(8)17)15(18)19;/h5-6,10-11,16-17H,2-4,14H2,1H3;1H/t10-,11+;/m1./s1. The van der Waals surface area contributed by atoms with Gasteiger partial charge in [-0.05, 0) is 12.5 Å². The first-order chi connectivity index (χ1) is 8.88. The Labute approximate surface area is 131 Å². The summed E-state index contributed by atoms with van der Waals surface area (Å²) in [4.78, 5) is 10.1. The molecule has 20 heavy (non-hydrogen) atoms. The van der Waals surface area contributed by atoms with Crippen molar-refractivity contribution in [1.29, 1.82) is 0 Å². The van der Waals surface area contributed by atoms with Gasteiger partial charge in [-0.25, -0.2) is 0 Å². The Morgan fingerprint density at radius 2 is 2.10 bits per heavy atom. The Kier molecular flexibility index (Phi) is 8.03. The molecular weight excluding hydrogens is 351 g/mol. The number of aromatic hydroxyl groups is 1. The van der Waals surface area contributed by atoms with Gasteiger partial charge in [-0.2, -0.15) is 0 Å². The average Bonchev–Trinajstić information content (AvgIpc) is 2.37. The van der Waals surface area contributed by atoms with E-state index in [0.29, 0.717) is 10.9 Å². The lowest BCUT2D eigenvalue weighted by Crippen LogP contribution is -2.26. The Morgan fingerprint density at radius 3 is 2.60 bits per heavy atom. The number of halogens is 2. The second kappa shape index (κ2) is 8.41. The minimum atomic E-state index is -0.859. The van der Waals surface area contributed by atoms with Crippen LogP contribution in [0, 0.1) is 10.1 Å². The summed E-state index contributed by atoms with van der Waals surface area (Å²) in [6, 6.07) is 1.83. The minimum absolute atomic E-state index is 0. The smallest absolute Gasteiger partial charge is 0.312 e. The molecule has 1 aromatic carbocycles. The molecule has 0 unspecified atom stereocenters. The first-order valence-corrected chi connectivity index (χ1v) is 6.78. The minimum Gasteiger partial charge on any atom is -0.502 e. The molecule has 6 nitrogen and oxygen atoms in total. The predicted octanol–water partition coefficient (Wildman–Crippen LogP) is 3.04. The fourth-order valence-corrected chi connectivity index (χ4v) is 2.26. The fraction of sp³-hybridized carbons (Fsp3) is 0.500. The molecule has 0 heterocycles. The summed E-state index contributed by atoms with van der Waals surface area (Å²) in [6.45, 7) is 1.99. The zero-order valence-corrected chi connectivity index (χ0v) is 13.4. The molecule has 2 atom stereocenters. The third-order valence-electron chi connectivity index (χ3n) is 2.91. The normalized spacial score (nSPS) is 13.4. The van der Waals surface area contributed by atoms with Crippen LogP contribution in [-0.4, -0.2) is 21.2 Å². The maximum absolute atomic E-state index is 10.8. The third kappa shape index (κ3) is 4.59. The highest BCUT2D eigenvalue weighted by Gasteiger charge is 2.25. The van der Waals surface area contributed by atoms with Crippen molar-refractivity contribution >= 4 is 34.0 Å². The van der Waals surface area contributed by atoms with E-state index in [2.05, 4.69) is 15.9 Å². The number of phenolic OH excluding ortho intramolecular Hbond substituents is 1. The summed E-state index contributed by atoms with van der Waals surface area (Å²) in [5, 5.41) is 30.6. The van der Waals surface area contributed by atoms with Gasteiger partial charge in [0.15, 0.2) is 5.75 Å². The molecule has 0 radical (unpaired) electrons. The Balaban J connectivity index is 0.00000361. The van der Waals surface area contributed by atoms with Crippen LogP contribution in [0.5, 0.6) is 5.75 Å². The van der Waals surface area contributed by atoms with E-state index < -0.39 is 28.5 Å². The molecule has 0 saturated carbocycles. The molecule has 114 valence electrons. The molecular formula is C12H18BrClN2O4. The Hall–Kier alpha value is -0.890. The highest BCUT2D eigenvalue weighted by Crippen LogP contribution is 2.37. The SMILES string of the molecule is CCCC[C@@H](O)[C@@H](N)c1cc(Br)cc([N+](=O)[O-])c1O.Cl. The van der Waals surface area contributed by atoms with Crippen LogP contribution in [0.4, 0.5) is 5.69 Å². The second-order valence-corrected chi connectivity index (χ2v) is 5.27. The summed E-state index contributed by atoms with van der Waals surface area (Å²) in [7, 11) is 0. The number of nitro benzene ring substituents is 1. The van der Waals surface area contributed by atoms with Gasteiger partial charge in [0.1, 0.15) is 0 Å². The number of hydrogen-bond donors (Lipinski definition) is 3. The van der Waals surface area contributed by atoms with Crippen molar-refractivity contribution < 1.29 is 15.1 Å². The summed E-state index contributed by atoms with van der Waals surface area (Å²) in [5.74, 6) is -0.490. The van der Waals surface area contributed by atoms with Crippen molar-refractivity contribution in [2.45, 2.75) is 38.3 Å². The van der Waals surface area contributed by atoms with Gasteiger partial charge in [-0.1, -0.05) is 35.7 Å². The summed E-state index contributed by atoms with van der Waals surface area (Å²) in [6.07, 6.45) is 1.34. The molecule has 0 spiro atoms. The lowest BCUT2D eigenvalue weighted by molar-refractivity contribution is -0.386. The molecule has 0 amide bonds. The van der Waals surface area contributed by atoms with E-state index >= 15 is 0 Å². The molecule has 0 bridgehead atoms. The van der Waals surface area contributed by atoms with Crippen molar-refractivity contribution in [2.75, 3.05) is 0 Å². The lowest BCUT2D eigenvalue weighted by Gasteiger charge is -2.20. The maximum Gasteiger partial charge on any atom is 0.312 e. The van der Waals surface area contributed by atoms with E-state index in [4.69, 9.17) is 5.73 Å². The summed E-state index contributed by atoms with van der Waals surface area (Å²) >= 11 is 3.13. The molecule has 0 aliphatic carbocycles. The van der Waals surface area contributed by atoms with Crippen LogP contribution in [0.1, 0.15) is 37.8 Å². The number of aliphatic hydroxyl groups excluding tert-OH is 1. The van der Waals surface area contributed by atoms with Gasteiger partial charge in [0.05, 0.1) is 17.1 Å². The Morgan fingerprint density at radius 1 is 1.50 bits per heavy atom. The van der Waals surface area contributed by atoms with Crippen molar-refractivity contribution in [3.05, 3.63) is 32.3 Å². The van der Waals surface area contributed by atoms with E-state index in [9.17, 15) is 20.3 Å². The van der Waals surface area contributed by atoms with E-state index in [1.54, 1.807) is 0 Å². The van der Waals surface area contributed by atoms with E-state index in [0.717, 1.165) is 12.8 Å². The van der Waals surface area contributed by atoms with Crippen LogP contribution < -0.4 is 5.73 Å². The zero-order valence-electron chi connectivity index (χ0n) is 11.0. The number of nitrogens with two attached hydrogens (primary N) is 1. The average molecular weight is 370 g/mol. The monoisotopic (exact) mass is 368 g/mol. The molecule has 4 N–H and O–H groups in total. The molecule has 8 heteroatoms. The van der Waals surface area contributed by atoms with Gasteiger partial charge in [0.2, 0.25) is 0 Å². The highest BCUT2D eigenvalue weighted by molar-refractivity contribution is 9.10. The number of benzene rings is 1. The van der Waals surface area contributed by atoms with Gasteiger partial charge in [-0.3, -0.25) is 10.1 Å². The fourth-order valence-electron chi connectivity index (χ4n) is 1.80. The van der Waals surface area contributed by atoms with Crippen molar-refractivity contribution in [1.82, 2.24) is 0 Å². The zero-order chi connectivity index (χ0) is 14.6. The van der Waals surface area contributed by atoms with Crippen molar-refractivity contribution in [2.24, 2.45) is 5.73 Å². The lowest BCUT2D eigenvalue weighted by atomic mass is 9.97. The Bertz CT molecular complexity index is 473. The van der Waals surface area contributed by atoms with Gasteiger partial charge in [0, 0.05) is 16.1 Å². The quantitative estimate of drug-likeness (QED) is 0.527. The molecule has 0 aliphatic heterocycles. The highest BCUT2D eigenvalue weighted by atomic mass is 79.9. The number of rotatable bonds is 6. The van der Waals surface area contributed by atoms with Crippen molar-refractivity contribution in [3.63, 3.8) is 0 Å². The van der Waals surface area contributed by atoms with Crippen molar-refractivity contribution in [3.8, 4) is 5.75 Å². The van der Waals surface area contributed by atoms with Crippen LogP contribution in [0.2, 0.25) is 0 Å². The van der Waals surface area contributed by atoms with Gasteiger partial charge in [0.25, 0.3) is 0 Å². The maximum atomic E-state index is 10.8. The number of hydrogen-bond acceptors (Lipinski definition) is 5. The van der Waals surface area contributed by atoms with Crippen LogP contribution in [-0.2, 0) is 0 Å². The molecule has 0 saturated heterocycles. The second-order valence-electron chi connectivity index (χ2n) is 4.36. The number of unbranched alkanes of at least 4 members (excludes halogenated alkanes) is 1. The van der Waals surface area contributed by atoms with Gasteiger partial charge < -0.3 is 15.9 Å². The first kappa shape index (κ1) is 19.1. The van der Waals surface area contributed by atoms with Crippen LogP contribution in [0.3, 0.4) is 0 Å². The number of nitrogens with zero attached hydrogens (tertiary/aromatic N) is 1.